The van der Waals surface area contributed by atoms with E-state index in [1.165, 1.54) is 5.56 Å². The van der Waals surface area contributed by atoms with Crippen molar-refractivity contribution in [2.75, 3.05) is 20.3 Å². The van der Waals surface area contributed by atoms with E-state index in [0.29, 0.717) is 0 Å². The van der Waals surface area contributed by atoms with E-state index in [4.69, 9.17) is 4.74 Å². The zero-order valence-electron chi connectivity index (χ0n) is 11.4. The number of nitrogens with zero attached hydrogens (tertiary/aromatic N) is 2. The van der Waals surface area contributed by atoms with Crippen LogP contribution in [0.2, 0.25) is 0 Å². The molecular formula is C15H21N3O. The number of hydrogen-bond acceptors (Lipinski definition) is 3. The van der Waals surface area contributed by atoms with Gasteiger partial charge in [0.2, 0.25) is 0 Å². The molecule has 19 heavy (non-hydrogen) atoms. The number of nitrogens with one attached hydrogen (secondary N) is 1. The molecule has 0 bridgehead atoms. The summed E-state index contributed by atoms with van der Waals surface area (Å²) in [6.07, 6.45) is 6.00. The molecule has 4 heteroatoms. The van der Waals surface area contributed by atoms with Gasteiger partial charge in [-0.1, -0.05) is 12.1 Å². The quantitative estimate of drug-likeness (QED) is 0.740. The minimum absolute atomic E-state index is 0.847. The van der Waals surface area contributed by atoms with Crippen LogP contribution in [0.1, 0.15) is 18.4 Å². The van der Waals surface area contributed by atoms with Gasteiger partial charge in [-0.3, -0.25) is 0 Å². The maximum absolute atomic E-state index is 5.02. The van der Waals surface area contributed by atoms with E-state index in [9.17, 15) is 0 Å². The second-order valence-corrected chi connectivity index (χ2v) is 4.49. The van der Waals surface area contributed by atoms with E-state index in [-0.39, 0.29) is 0 Å². The first-order valence-electron chi connectivity index (χ1n) is 6.69. The van der Waals surface area contributed by atoms with Crippen molar-refractivity contribution >= 4 is 0 Å². The molecule has 4 nitrogen and oxygen atoms in total. The number of benzene rings is 1. The zero-order valence-corrected chi connectivity index (χ0v) is 11.4. The summed E-state index contributed by atoms with van der Waals surface area (Å²) < 4.78 is 6.88. The molecular weight excluding hydrogens is 238 g/mol. The van der Waals surface area contributed by atoms with Gasteiger partial charge < -0.3 is 10.1 Å². The molecule has 2 rings (SSSR count). The summed E-state index contributed by atoms with van der Waals surface area (Å²) in [6, 6.07) is 10.4. The van der Waals surface area contributed by atoms with Crippen molar-refractivity contribution < 1.29 is 4.74 Å². The van der Waals surface area contributed by atoms with Crippen molar-refractivity contribution in [1.82, 2.24) is 15.1 Å². The van der Waals surface area contributed by atoms with Gasteiger partial charge in [-0.2, -0.15) is 5.10 Å². The third-order valence-corrected chi connectivity index (χ3v) is 2.99. The van der Waals surface area contributed by atoms with Crippen LogP contribution in [0.25, 0.3) is 5.69 Å². The predicted octanol–water partition coefficient (Wildman–Crippen LogP) is 2.39. The lowest BCUT2D eigenvalue weighted by Crippen LogP contribution is -2.15. The summed E-state index contributed by atoms with van der Waals surface area (Å²) in [6.45, 7) is 2.79. The minimum atomic E-state index is 0.847. The van der Waals surface area contributed by atoms with Crippen LogP contribution in [0.15, 0.2) is 42.7 Å². The molecule has 0 spiro atoms. The highest BCUT2D eigenvalue weighted by molar-refractivity contribution is 5.33. The molecule has 0 saturated heterocycles. The fraction of sp³-hybridized carbons (Fsp3) is 0.400. The number of aromatic nitrogens is 2. The third-order valence-electron chi connectivity index (χ3n) is 2.99. The van der Waals surface area contributed by atoms with E-state index in [0.717, 1.165) is 38.2 Å². The van der Waals surface area contributed by atoms with Gasteiger partial charge in [0.25, 0.3) is 0 Å². The van der Waals surface area contributed by atoms with Crippen LogP contribution in [0, 0.1) is 0 Å². The van der Waals surface area contributed by atoms with Gasteiger partial charge in [0.05, 0.1) is 5.69 Å². The van der Waals surface area contributed by atoms with E-state index in [1.54, 1.807) is 13.3 Å². The van der Waals surface area contributed by atoms with Crippen molar-refractivity contribution in [2.45, 2.75) is 19.4 Å². The van der Waals surface area contributed by atoms with Crippen LogP contribution in [0.5, 0.6) is 0 Å². The maximum atomic E-state index is 5.02. The Balaban J connectivity index is 1.73. The lowest BCUT2D eigenvalue weighted by molar-refractivity contribution is 0.192. The highest BCUT2D eigenvalue weighted by atomic mass is 16.5. The molecule has 0 saturated carbocycles. The predicted molar refractivity (Wildman–Crippen MR) is 76.4 cm³/mol. The van der Waals surface area contributed by atoms with E-state index in [2.05, 4.69) is 34.7 Å². The lowest BCUT2D eigenvalue weighted by atomic mass is 10.2. The fourth-order valence-electron chi connectivity index (χ4n) is 1.92. The van der Waals surface area contributed by atoms with E-state index >= 15 is 0 Å². The fourth-order valence-corrected chi connectivity index (χ4v) is 1.92. The third kappa shape index (κ3) is 4.50. The Bertz CT molecular complexity index is 451. The van der Waals surface area contributed by atoms with Crippen LogP contribution in [-0.2, 0) is 11.3 Å². The Morgan fingerprint density at radius 1 is 1.21 bits per heavy atom. The molecule has 1 heterocycles. The van der Waals surface area contributed by atoms with Gasteiger partial charge in [0.15, 0.2) is 0 Å². The van der Waals surface area contributed by atoms with Crippen molar-refractivity contribution in [3.05, 3.63) is 48.3 Å². The Labute approximate surface area is 114 Å². The number of rotatable bonds is 8. The van der Waals surface area contributed by atoms with E-state index < -0.39 is 0 Å². The molecule has 0 aliphatic carbocycles. The van der Waals surface area contributed by atoms with Gasteiger partial charge in [-0.25, -0.2) is 4.68 Å². The maximum Gasteiger partial charge on any atom is 0.0645 e. The smallest absolute Gasteiger partial charge is 0.0645 e. The second kappa shape index (κ2) is 7.71. The first kappa shape index (κ1) is 13.8. The molecule has 1 aromatic carbocycles. The molecule has 0 atom stereocenters. The number of ether oxygens (including phenoxy) is 1. The molecule has 102 valence electrons. The van der Waals surface area contributed by atoms with Crippen LogP contribution in [0.4, 0.5) is 0 Å². The summed E-state index contributed by atoms with van der Waals surface area (Å²) in [7, 11) is 1.74. The number of methoxy groups -OCH3 is 1. The normalized spacial score (nSPS) is 10.8. The summed E-state index contributed by atoms with van der Waals surface area (Å²) in [5.41, 5.74) is 2.39. The number of unbranched alkanes of at least 4 members (excludes halogenated alkanes) is 1. The Kier molecular flexibility index (Phi) is 5.59. The molecule has 0 fully saturated rings. The first-order valence-corrected chi connectivity index (χ1v) is 6.69. The average Bonchev–Trinajstić information content (AvgIpc) is 2.97. The van der Waals surface area contributed by atoms with Gasteiger partial charge >= 0.3 is 0 Å². The second-order valence-electron chi connectivity index (χ2n) is 4.49. The number of hydrogen-bond donors (Lipinski definition) is 1. The monoisotopic (exact) mass is 259 g/mol. The summed E-state index contributed by atoms with van der Waals surface area (Å²) >= 11 is 0. The molecule has 0 aliphatic heterocycles. The van der Waals surface area contributed by atoms with Gasteiger partial charge in [-0.15, -0.1) is 0 Å². The Morgan fingerprint density at radius 2 is 2.05 bits per heavy atom. The standard InChI is InChI=1S/C15H21N3O/c1-19-12-3-2-9-16-13-14-5-7-15(8-6-14)18-11-4-10-17-18/h4-8,10-11,16H,2-3,9,12-13H2,1H3. The summed E-state index contributed by atoms with van der Waals surface area (Å²) in [5, 5.41) is 7.65. The highest BCUT2D eigenvalue weighted by Gasteiger charge is 1.97. The molecule has 1 aromatic heterocycles. The largest absolute Gasteiger partial charge is 0.385 e. The highest BCUT2D eigenvalue weighted by Crippen LogP contribution is 2.08. The van der Waals surface area contributed by atoms with Crippen LogP contribution in [0.3, 0.4) is 0 Å². The Hall–Kier alpha value is -1.65. The SMILES string of the molecule is COCCCCNCc1ccc(-n2cccn2)cc1. The molecule has 0 unspecified atom stereocenters. The molecule has 1 N–H and O–H groups in total. The Morgan fingerprint density at radius 3 is 2.74 bits per heavy atom. The van der Waals surface area contributed by atoms with Gasteiger partial charge in [0.1, 0.15) is 0 Å². The summed E-state index contributed by atoms with van der Waals surface area (Å²) in [4.78, 5) is 0. The van der Waals surface area contributed by atoms with Crippen molar-refractivity contribution in [3.63, 3.8) is 0 Å². The van der Waals surface area contributed by atoms with Crippen LogP contribution >= 0.6 is 0 Å². The zero-order chi connectivity index (χ0) is 13.3. The van der Waals surface area contributed by atoms with E-state index in [1.807, 2.05) is 16.9 Å². The average molecular weight is 259 g/mol. The first-order chi connectivity index (χ1) is 9.40. The molecule has 0 amide bonds. The van der Waals surface area contributed by atoms with Crippen molar-refractivity contribution in [3.8, 4) is 5.69 Å². The minimum Gasteiger partial charge on any atom is -0.385 e. The lowest BCUT2D eigenvalue weighted by Gasteiger charge is -2.06. The topological polar surface area (TPSA) is 39.1 Å². The molecule has 0 aliphatic rings. The summed E-state index contributed by atoms with van der Waals surface area (Å²) in [5.74, 6) is 0. The van der Waals surface area contributed by atoms with Crippen molar-refractivity contribution in [2.24, 2.45) is 0 Å². The molecule has 2 aromatic rings. The van der Waals surface area contributed by atoms with Crippen LogP contribution in [-0.4, -0.2) is 30.0 Å². The van der Waals surface area contributed by atoms with Crippen LogP contribution < -0.4 is 5.32 Å². The van der Waals surface area contributed by atoms with Crippen molar-refractivity contribution in [1.29, 1.82) is 0 Å². The van der Waals surface area contributed by atoms with Gasteiger partial charge in [-0.05, 0) is 43.1 Å². The molecule has 0 radical (unpaired) electrons. The van der Waals surface area contributed by atoms with Gasteiger partial charge in [0, 0.05) is 32.7 Å².